The van der Waals surface area contributed by atoms with Crippen molar-refractivity contribution in [3.8, 4) is 5.75 Å². The summed E-state index contributed by atoms with van der Waals surface area (Å²) < 4.78 is 11.2. The number of rotatable bonds is 4. The Bertz CT molecular complexity index is 476. The van der Waals surface area contributed by atoms with Gasteiger partial charge in [-0.3, -0.25) is 4.90 Å². The SMILES string of the molecule is CNCC1CN(C2CCc3ccc(OC)cc3C2)CCO1. The second kappa shape index (κ2) is 6.77. The van der Waals surface area contributed by atoms with Crippen molar-refractivity contribution in [1.82, 2.24) is 10.2 Å². The molecule has 1 aromatic carbocycles. The molecule has 1 fully saturated rings. The molecule has 4 nitrogen and oxygen atoms in total. The minimum absolute atomic E-state index is 0.329. The van der Waals surface area contributed by atoms with Crippen LogP contribution in [0, 0.1) is 0 Å². The number of hydrogen-bond acceptors (Lipinski definition) is 4. The van der Waals surface area contributed by atoms with Crippen molar-refractivity contribution in [2.75, 3.05) is 40.4 Å². The number of ether oxygens (including phenoxy) is 2. The molecule has 3 rings (SSSR count). The number of benzene rings is 1. The van der Waals surface area contributed by atoms with Crippen molar-refractivity contribution in [2.45, 2.75) is 31.4 Å². The van der Waals surface area contributed by atoms with Gasteiger partial charge < -0.3 is 14.8 Å². The lowest BCUT2D eigenvalue weighted by Crippen LogP contribution is -2.51. The molecule has 0 radical (unpaired) electrons. The lowest BCUT2D eigenvalue weighted by Gasteiger charge is -2.40. The lowest BCUT2D eigenvalue weighted by atomic mass is 9.87. The van der Waals surface area contributed by atoms with Crippen molar-refractivity contribution < 1.29 is 9.47 Å². The number of nitrogens with one attached hydrogen (secondary N) is 1. The highest BCUT2D eigenvalue weighted by Crippen LogP contribution is 2.28. The summed E-state index contributed by atoms with van der Waals surface area (Å²) in [5, 5.41) is 3.22. The Kier molecular flexibility index (Phi) is 4.78. The van der Waals surface area contributed by atoms with Gasteiger partial charge in [0.25, 0.3) is 0 Å². The van der Waals surface area contributed by atoms with Gasteiger partial charge in [0.15, 0.2) is 0 Å². The van der Waals surface area contributed by atoms with Gasteiger partial charge >= 0.3 is 0 Å². The van der Waals surface area contributed by atoms with E-state index in [2.05, 4.69) is 28.4 Å². The summed E-state index contributed by atoms with van der Waals surface area (Å²) in [4.78, 5) is 2.62. The maximum absolute atomic E-state index is 5.82. The van der Waals surface area contributed by atoms with Gasteiger partial charge in [0, 0.05) is 25.7 Å². The van der Waals surface area contributed by atoms with E-state index in [1.54, 1.807) is 7.11 Å². The zero-order valence-electron chi connectivity index (χ0n) is 13.1. The number of methoxy groups -OCH3 is 1. The van der Waals surface area contributed by atoms with Gasteiger partial charge in [0.1, 0.15) is 5.75 Å². The fourth-order valence-corrected chi connectivity index (χ4v) is 3.58. The Hall–Kier alpha value is -1.10. The maximum Gasteiger partial charge on any atom is 0.119 e. The first-order valence-electron chi connectivity index (χ1n) is 7.96. The molecule has 1 aromatic rings. The molecule has 1 aliphatic carbocycles. The summed E-state index contributed by atoms with van der Waals surface area (Å²) in [7, 11) is 3.73. The molecule has 1 aliphatic heterocycles. The smallest absolute Gasteiger partial charge is 0.119 e. The van der Waals surface area contributed by atoms with Crippen LogP contribution in [0.4, 0.5) is 0 Å². The van der Waals surface area contributed by atoms with Crippen LogP contribution in [0.15, 0.2) is 18.2 Å². The second-order valence-electron chi connectivity index (χ2n) is 6.08. The number of likely N-dealkylation sites (N-methyl/N-ethyl adjacent to an activating group) is 1. The van der Waals surface area contributed by atoms with Crippen LogP contribution in [0.5, 0.6) is 5.75 Å². The molecule has 2 unspecified atom stereocenters. The van der Waals surface area contributed by atoms with Crippen LogP contribution in [0.1, 0.15) is 17.5 Å². The Labute approximate surface area is 127 Å². The number of morpholine rings is 1. The van der Waals surface area contributed by atoms with E-state index in [4.69, 9.17) is 9.47 Å². The van der Waals surface area contributed by atoms with Crippen LogP contribution in [0.3, 0.4) is 0 Å². The number of nitrogens with zero attached hydrogens (tertiary/aromatic N) is 1. The van der Waals surface area contributed by atoms with Crippen molar-refractivity contribution in [1.29, 1.82) is 0 Å². The molecule has 2 aliphatic rings. The normalized spacial score (nSPS) is 26.4. The average molecular weight is 290 g/mol. The first-order valence-corrected chi connectivity index (χ1v) is 7.96. The second-order valence-corrected chi connectivity index (χ2v) is 6.08. The predicted molar refractivity (Wildman–Crippen MR) is 84.0 cm³/mol. The Morgan fingerprint density at radius 3 is 3.10 bits per heavy atom. The highest BCUT2D eigenvalue weighted by Gasteiger charge is 2.29. The van der Waals surface area contributed by atoms with E-state index in [0.29, 0.717) is 12.1 Å². The van der Waals surface area contributed by atoms with Gasteiger partial charge in [-0.05, 0) is 49.6 Å². The molecule has 0 bridgehead atoms. The highest BCUT2D eigenvalue weighted by molar-refractivity contribution is 5.37. The number of fused-ring (bicyclic) bond motifs is 1. The third-order valence-electron chi connectivity index (χ3n) is 4.73. The van der Waals surface area contributed by atoms with E-state index in [-0.39, 0.29) is 0 Å². The van der Waals surface area contributed by atoms with Gasteiger partial charge in [-0.25, -0.2) is 0 Å². The van der Waals surface area contributed by atoms with Crippen LogP contribution in [-0.2, 0) is 17.6 Å². The number of aryl methyl sites for hydroxylation is 1. The fourth-order valence-electron chi connectivity index (χ4n) is 3.58. The topological polar surface area (TPSA) is 33.7 Å². The molecule has 4 heteroatoms. The third-order valence-corrected chi connectivity index (χ3v) is 4.73. The van der Waals surface area contributed by atoms with E-state index >= 15 is 0 Å². The molecule has 116 valence electrons. The predicted octanol–water partition coefficient (Wildman–Crippen LogP) is 1.47. The van der Waals surface area contributed by atoms with Crippen molar-refractivity contribution in [3.63, 3.8) is 0 Å². The Balaban J connectivity index is 1.67. The maximum atomic E-state index is 5.82. The van der Waals surface area contributed by atoms with Crippen molar-refractivity contribution in [3.05, 3.63) is 29.3 Å². The summed E-state index contributed by atoms with van der Waals surface area (Å²) in [5.74, 6) is 0.976. The monoisotopic (exact) mass is 290 g/mol. The van der Waals surface area contributed by atoms with Gasteiger partial charge in [-0.2, -0.15) is 0 Å². The quantitative estimate of drug-likeness (QED) is 0.910. The summed E-state index contributed by atoms with van der Waals surface area (Å²) in [6.07, 6.45) is 3.90. The van der Waals surface area contributed by atoms with E-state index in [1.165, 1.54) is 24.0 Å². The molecule has 0 spiro atoms. The minimum Gasteiger partial charge on any atom is -0.497 e. The Morgan fingerprint density at radius 1 is 1.38 bits per heavy atom. The molecule has 2 atom stereocenters. The fraction of sp³-hybridized carbons (Fsp3) is 0.647. The van der Waals surface area contributed by atoms with Gasteiger partial charge in [0.05, 0.1) is 19.8 Å². The Morgan fingerprint density at radius 2 is 2.29 bits per heavy atom. The minimum atomic E-state index is 0.329. The zero-order valence-corrected chi connectivity index (χ0v) is 13.1. The molecule has 1 saturated heterocycles. The first-order chi connectivity index (χ1) is 10.3. The van der Waals surface area contributed by atoms with E-state index < -0.39 is 0 Å². The molecule has 1 N–H and O–H groups in total. The molecule has 0 saturated carbocycles. The highest BCUT2D eigenvalue weighted by atomic mass is 16.5. The summed E-state index contributed by atoms with van der Waals surface area (Å²) in [6, 6.07) is 7.17. The first kappa shape index (κ1) is 14.8. The van der Waals surface area contributed by atoms with Crippen LogP contribution < -0.4 is 10.1 Å². The summed E-state index contributed by atoms with van der Waals surface area (Å²) in [6.45, 7) is 3.90. The van der Waals surface area contributed by atoms with Gasteiger partial charge in [0.2, 0.25) is 0 Å². The summed E-state index contributed by atoms with van der Waals surface area (Å²) in [5.41, 5.74) is 2.95. The van der Waals surface area contributed by atoms with Crippen molar-refractivity contribution in [2.24, 2.45) is 0 Å². The van der Waals surface area contributed by atoms with Gasteiger partial charge in [-0.1, -0.05) is 6.07 Å². The molecule has 1 heterocycles. The molecule has 0 amide bonds. The standard InChI is InChI=1S/C17H26N2O2/c1-18-11-17-12-19(7-8-21-17)15-5-3-13-4-6-16(20-2)10-14(13)9-15/h4,6,10,15,17-18H,3,5,7-9,11-12H2,1-2H3. The van der Waals surface area contributed by atoms with Crippen LogP contribution in [0.2, 0.25) is 0 Å². The van der Waals surface area contributed by atoms with E-state index in [9.17, 15) is 0 Å². The average Bonchev–Trinajstić information content (AvgIpc) is 2.54. The molecule has 0 aromatic heterocycles. The summed E-state index contributed by atoms with van der Waals surface area (Å²) >= 11 is 0. The third kappa shape index (κ3) is 3.39. The zero-order chi connectivity index (χ0) is 14.7. The number of hydrogen-bond donors (Lipinski definition) is 1. The van der Waals surface area contributed by atoms with E-state index in [1.807, 2.05) is 7.05 Å². The van der Waals surface area contributed by atoms with Crippen LogP contribution in [-0.4, -0.2) is 57.4 Å². The molecular weight excluding hydrogens is 264 g/mol. The molecule has 21 heavy (non-hydrogen) atoms. The van der Waals surface area contributed by atoms with Crippen LogP contribution >= 0.6 is 0 Å². The molecular formula is C17H26N2O2. The van der Waals surface area contributed by atoms with Crippen LogP contribution in [0.25, 0.3) is 0 Å². The van der Waals surface area contributed by atoms with Crippen molar-refractivity contribution >= 4 is 0 Å². The lowest BCUT2D eigenvalue weighted by molar-refractivity contribution is -0.0429. The van der Waals surface area contributed by atoms with E-state index in [0.717, 1.165) is 38.4 Å². The largest absolute Gasteiger partial charge is 0.497 e. The van der Waals surface area contributed by atoms with Gasteiger partial charge in [-0.15, -0.1) is 0 Å².